The first-order valence-corrected chi connectivity index (χ1v) is 14.3. The zero-order valence-corrected chi connectivity index (χ0v) is 24.6. The third-order valence-electron chi connectivity index (χ3n) is 6.55. The third-order valence-corrected chi connectivity index (χ3v) is 6.55. The summed E-state index contributed by atoms with van der Waals surface area (Å²) in [6.07, 6.45) is 2.68. The molecule has 0 amide bonds. The second kappa shape index (κ2) is 16.7. The summed E-state index contributed by atoms with van der Waals surface area (Å²) in [5.74, 6) is 0.385. The molecule has 8 nitrogen and oxygen atoms in total. The van der Waals surface area contributed by atoms with Crippen LogP contribution in [0.5, 0.6) is 17.2 Å². The molecule has 0 saturated heterocycles. The molecule has 0 bridgehead atoms. The minimum absolute atomic E-state index is 0.134. The molecule has 0 fully saturated rings. The second-order valence-corrected chi connectivity index (χ2v) is 9.91. The summed E-state index contributed by atoms with van der Waals surface area (Å²) in [6.45, 7) is 10.9. The lowest BCUT2D eigenvalue weighted by atomic mass is 10.0. The molecule has 0 aromatic heterocycles. The summed E-state index contributed by atoms with van der Waals surface area (Å²) in [7, 11) is 0. The van der Waals surface area contributed by atoms with E-state index in [9.17, 15) is 19.5 Å². The van der Waals surface area contributed by atoms with E-state index < -0.39 is 30.4 Å². The highest BCUT2D eigenvalue weighted by molar-refractivity contribution is 5.91. The zero-order valence-electron chi connectivity index (χ0n) is 24.6. The summed E-state index contributed by atoms with van der Waals surface area (Å²) in [5.41, 5.74) is 2.49. The first kappa shape index (κ1) is 32.8. The summed E-state index contributed by atoms with van der Waals surface area (Å²) in [5, 5.41) is 10.5. The van der Waals surface area contributed by atoms with Crippen LogP contribution in [-0.2, 0) is 14.3 Å². The van der Waals surface area contributed by atoms with Crippen LogP contribution in [-0.4, -0.2) is 41.8 Å². The number of aldehydes is 1. The Labute approximate surface area is 252 Å². The average molecular weight is 587 g/mol. The lowest BCUT2D eigenvalue weighted by molar-refractivity contribution is -0.157. The van der Waals surface area contributed by atoms with Gasteiger partial charge >= 0.3 is 11.9 Å². The highest BCUT2D eigenvalue weighted by atomic mass is 16.7. The van der Waals surface area contributed by atoms with Gasteiger partial charge < -0.3 is 24.1 Å². The Morgan fingerprint density at radius 3 is 1.95 bits per heavy atom. The summed E-state index contributed by atoms with van der Waals surface area (Å²) < 4.78 is 22.4. The van der Waals surface area contributed by atoms with Gasteiger partial charge in [0.2, 0.25) is 6.29 Å². The van der Waals surface area contributed by atoms with Crippen LogP contribution >= 0.6 is 0 Å². The number of carbonyl (C=O) groups is 3. The number of aliphatic hydroxyl groups is 1. The fourth-order valence-electron chi connectivity index (χ4n) is 4.16. The Balaban J connectivity index is 1.58. The van der Waals surface area contributed by atoms with Crippen LogP contribution in [0, 0.1) is 0 Å². The number of carbonyl (C=O) groups excluding carboxylic acids is 3. The fraction of sp³-hybridized carbons (Fsp3) is 0.286. The van der Waals surface area contributed by atoms with E-state index in [2.05, 4.69) is 13.2 Å². The van der Waals surface area contributed by atoms with Crippen LogP contribution in [0.4, 0.5) is 0 Å². The Morgan fingerprint density at radius 1 is 0.860 bits per heavy atom. The van der Waals surface area contributed by atoms with Gasteiger partial charge in [-0.2, -0.15) is 0 Å². The molecular formula is C35H38O8. The quantitative estimate of drug-likeness (QED) is 0.0601. The van der Waals surface area contributed by atoms with Gasteiger partial charge in [-0.25, -0.2) is 9.59 Å². The SMILES string of the molecule is C=CC(=O)OC(CC)Oc1ccc(-c2ccc(OC(=O)c3ccc(OC(CCCC)C(O)CC(=C)C=O)cc3)cc2)cc1. The number of esters is 2. The van der Waals surface area contributed by atoms with Crippen molar-refractivity contribution >= 4 is 18.2 Å². The molecular weight excluding hydrogens is 548 g/mol. The molecule has 3 aromatic carbocycles. The predicted molar refractivity (Wildman–Crippen MR) is 164 cm³/mol. The monoisotopic (exact) mass is 586 g/mol. The molecule has 3 rings (SSSR count). The number of hydrogen-bond donors (Lipinski definition) is 1. The van der Waals surface area contributed by atoms with E-state index in [-0.39, 0.29) is 6.42 Å². The molecule has 0 aliphatic rings. The number of aliphatic hydroxyl groups excluding tert-OH is 1. The predicted octanol–water partition coefficient (Wildman–Crippen LogP) is 6.86. The maximum absolute atomic E-state index is 12.7. The van der Waals surface area contributed by atoms with E-state index in [0.717, 1.165) is 30.0 Å². The molecule has 0 aliphatic heterocycles. The standard InChI is InChI=1S/C35H38O8/c1-5-8-9-32(31(37)22-24(4)23-36)40-28-20-14-27(15-21-28)35(39)42-30-18-12-26(13-19-30)25-10-16-29(17-11-25)41-34(7-3)43-33(38)6-2/h6,10-21,23,31-32,34,37H,2,4-5,7-9,22H2,1,3H3. The molecule has 0 saturated carbocycles. The molecule has 3 aromatic rings. The smallest absolute Gasteiger partial charge is 0.343 e. The topological polar surface area (TPSA) is 108 Å². The van der Waals surface area contributed by atoms with Crippen LogP contribution < -0.4 is 14.2 Å². The minimum atomic E-state index is -0.870. The normalized spacial score (nSPS) is 12.7. The summed E-state index contributed by atoms with van der Waals surface area (Å²) in [4.78, 5) is 35.1. The van der Waals surface area contributed by atoms with E-state index in [1.165, 1.54) is 0 Å². The van der Waals surface area contributed by atoms with Gasteiger partial charge in [0.15, 0.2) is 0 Å². The van der Waals surface area contributed by atoms with Crippen LogP contribution in [0.15, 0.2) is 97.6 Å². The van der Waals surface area contributed by atoms with E-state index in [1.807, 2.05) is 38.1 Å². The van der Waals surface area contributed by atoms with E-state index in [4.69, 9.17) is 18.9 Å². The lowest BCUT2D eigenvalue weighted by Gasteiger charge is -2.24. The van der Waals surface area contributed by atoms with Crippen molar-refractivity contribution < 1.29 is 38.4 Å². The fourth-order valence-corrected chi connectivity index (χ4v) is 4.16. The first-order chi connectivity index (χ1) is 20.8. The minimum Gasteiger partial charge on any atom is -0.488 e. The molecule has 0 spiro atoms. The van der Waals surface area contributed by atoms with E-state index >= 15 is 0 Å². The van der Waals surface area contributed by atoms with Crippen LogP contribution in [0.25, 0.3) is 11.1 Å². The zero-order chi connectivity index (χ0) is 31.2. The Bertz CT molecular complexity index is 1360. The van der Waals surface area contributed by atoms with Gasteiger partial charge in [0.05, 0.1) is 11.7 Å². The number of benzene rings is 3. The molecule has 0 heterocycles. The van der Waals surface area contributed by atoms with Crippen molar-refractivity contribution in [2.75, 3.05) is 0 Å². The number of unbranched alkanes of at least 4 members (excludes halogenated alkanes) is 1. The van der Waals surface area contributed by atoms with Gasteiger partial charge in [-0.3, -0.25) is 4.79 Å². The van der Waals surface area contributed by atoms with E-state index in [0.29, 0.717) is 47.5 Å². The lowest BCUT2D eigenvalue weighted by Crippen LogP contribution is -2.32. The highest BCUT2D eigenvalue weighted by Gasteiger charge is 2.22. The highest BCUT2D eigenvalue weighted by Crippen LogP contribution is 2.26. The Morgan fingerprint density at radius 2 is 1.42 bits per heavy atom. The van der Waals surface area contributed by atoms with Crippen molar-refractivity contribution in [2.45, 2.75) is 64.4 Å². The second-order valence-electron chi connectivity index (χ2n) is 9.91. The van der Waals surface area contributed by atoms with Crippen molar-refractivity contribution in [3.63, 3.8) is 0 Å². The van der Waals surface area contributed by atoms with Crippen LogP contribution in [0.1, 0.15) is 56.3 Å². The van der Waals surface area contributed by atoms with Crippen molar-refractivity contribution in [1.82, 2.24) is 0 Å². The van der Waals surface area contributed by atoms with Gasteiger partial charge in [-0.05, 0) is 78.1 Å². The van der Waals surface area contributed by atoms with Gasteiger partial charge in [0.25, 0.3) is 0 Å². The maximum Gasteiger partial charge on any atom is 0.343 e. The van der Waals surface area contributed by atoms with Crippen molar-refractivity contribution in [2.24, 2.45) is 0 Å². The van der Waals surface area contributed by atoms with Gasteiger partial charge in [-0.1, -0.05) is 57.7 Å². The first-order valence-electron chi connectivity index (χ1n) is 14.3. The maximum atomic E-state index is 12.7. The Hall–Kier alpha value is -4.69. The van der Waals surface area contributed by atoms with Crippen molar-refractivity contribution in [3.8, 4) is 28.4 Å². The molecule has 0 aliphatic carbocycles. The summed E-state index contributed by atoms with van der Waals surface area (Å²) >= 11 is 0. The number of ether oxygens (including phenoxy) is 4. The largest absolute Gasteiger partial charge is 0.488 e. The molecule has 43 heavy (non-hydrogen) atoms. The molecule has 3 unspecified atom stereocenters. The molecule has 0 radical (unpaired) electrons. The Kier molecular flexibility index (Phi) is 12.7. The third kappa shape index (κ3) is 10.3. The van der Waals surface area contributed by atoms with Crippen molar-refractivity contribution in [3.05, 3.63) is 103 Å². The van der Waals surface area contributed by atoms with Crippen LogP contribution in [0.2, 0.25) is 0 Å². The molecule has 226 valence electrons. The molecule has 3 atom stereocenters. The number of hydrogen-bond acceptors (Lipinski definition) is 8. The molecule has 1 N–H and O–H groups in total. The average Bonchev–Trinajstić information content (AvgIpc) is 3.03. The van der Waals surface area contributed by atoms with Gasteiger partial charge in [0, 0.05) is 18.9 Å². The summed E-state index contributed by atoms with van der Waals surface area (Å²) in [6, 6.07) is 21.0. The van der Waals surface area contributed by atoms with Crippen molar-refractivity contribution in [1.29, 1.82) is 0 Å². The van der Waals surface area contributed by atoms with Gasteiger partial charge in [0.1, 0.15) is 29.6 Å². The van der Waals surface area contributed by atoms with Crippen LogP contribution in [0.3, 0.4) is 0 Å². The van der Waals surface area contributed by atoms with Gasteiger partial charge in [-0.15, -0.1) is 0 Å². The number of rotatable bonds is 17. The van der Waals surface area contributed by atoms with E-state index in [1.54, 1.807) is 48.5 Å². The molecule has 8 heteroatoms.